The summed E-state index contributed by atoms with van der Waals surface area (Å²) in [6, 6.07) is 5.88. The van der Waals surface area contributed by atoms with Crippen LogP contribution in [0.15, 0.2) is 57.4 Å². The number of aliphatic imine (C=N–C) groups is 1. The van der Waals surface area contributed by atoms with E-state index in [0.717, 1.165) is 32.4 Å². The molecule has 196 valence electrons. The van der Waals surface area contributed by atoms with Gasteiger partial charge < -0.3 is 13.9 Å². The van der Waals surface area contributed by atoms with Crippen LogP contribution in [0.5, 0.6) is 0 Å². The maximum absolute atomic E-state index is 13.8. The molecule has 3 heterocycles. The van der Waals surface area contributed by atoms with E-state index in [4.69, 9.17) is 13.9 Å². The first-order chi connectivity index (χ1) is 17.8. The Morgan fingerprint density at radius 1 is 1.24 bits per heavy atom. The Bertz CT molecular complexity index is 1220. The molecule has 0 bridgehead atoms. The van der Waals surface area contributed by atoms with Gasteiger partial charge in [-0.3, -0.25) is 24.8 Å². The highest BCUT2D eigenvalue weighted by atomic mass is 16.6. The maximum Gasteiger partial charge on any atom is 0.337 e. The van der Waals surface area contributed by atoms with E-state index in [-0.39, 0.29) is 17.2 Å². The Balaban J connectivity index is 1.73. The molecule has 3 atom stereocenters. The van der Waals surface area contributed by atoms with E-state index >= 15 is 0 Å². The van der Waals surface area contributed by atoms with Crippen molar-refractivity contribution in [2.24, 2.45) is 10.9 Å². The molecule has 1 fully saturated rings. The summed E-state index contributed by atoms with van der Waals surface area (Å²) in [5, 5.41) is 11.5. The number of nitro benzene ring substituents is 1. The predicted octanol–water partition coefficient (Wildman–Crippen LogP) is 3.97. The Labute approximate surface area is 214 Å². The van der Waals surface area contributed by atoms with Crippen LogP contribution < -0.4 is 0 Å². The number of hydrogen-bond acceptors (Lipinski definition) is 10. The van der Waals surface area contributed by atoms with Gasteiger partial charge in [0, 0.05) is 36.0 Å². The molecule has 1 saturated heterocycles. The van der Waals surface area contributed by atoms with Crippen molar-refractivity contribution < 1.29 is 28.4 Å². The van der Waals surface area contributed by atoms with Gasteiger partial charge in [-0.25, -0.2) is 9.78 Å². The minimum absolute atomic E-state index is 0.136. The van der Waals surface area contributed by atoms with E-state index in [1.165, 1.54) is 37.8 Å². The van der Waals surface area contributed by atoms with Crippen LogP contribution in [0.1, 0.15) is 56.6 Å². The second-order valence-corrected chi connectivity index (χ2v) is 9.21. The third kappa shape index (κ3) is 5.77. The van der Waals surface area contributed by atoms with E-state index in [0.29, 0.717) is 23.5 Å². The van der Waals surface area contributed by atoms with E-state index in [9.17, 15) is 19.7 Å². The van der Waals surface area contributed by atoms with Gasteiger partial charge in [-0.05, 0) is 45.3 Å². The Morgan fingerprint density at radius 2 is 2.00 bits per heavy atom. The predicted molar refractivity (Wildman–Crippen MR) is 133 cm³/mol. The molecule has 2 aliphatic rings. The van der Waals surface area contributed by atoms with Crippen molar-refractivity contribution in [2.45, 2.75) is 45.1 Å². The second kappa shape index (κ2) is 11.5. The summed E-state index contributed by atoms with van der Waals surface area (Å²) in [6.07, 6.45) is 5.40. The molecular formula is C26H30N4O7. The molecule has 11 heteroatoms. The van der Waals surface area contributed by atoms with E-state index in [1.54, 1.807) is 19.9 Å². The van der Waals surface area contributed by atoms with Crippen molar-refractivity contribution in [3.05, 3.63) is 69.6 Å². The zero-order valence-electron chi connectivity index (χ0n) is 21.1. The quantitative estimate of drug-likeness (QED) is 0.293. The first-order valence-electron chi connectivity index (χ1n) is 12.2. The number of carbonyl (C=O) groups is 2. The number of hydrogen-bond donors (Lipinski definition) is 0. The largest absolute Gasteiger partial charge is 0.468 e. The van der Waals surface area contributed by atoms with Gasteiger partial charge >= 0.3 is 11.9 Å². The van der Waals surface area contributed by atoms with Gasteiger partial charge in [0.2, 0.25) is 5.89 Å². The van der Waals surface area contributed by atoms with Crippen LogP contribution in [0.4, 0.5) is 5.69 Å². The molecule has 0 aliphatic carbocycles. The van der Waals surface area contributed by atoms with Gasteiger partial charge in [0.25, 0.3) is 5.69 Å². The summed E-state index contributed by atoms with van der Waals surface area (Å²) in [5.74, 6) is -2.88. The third-order valence-corrected chi connectivity index (χ3v) is 6.79. The van der Waals surface area contributed by atoms with Gasteiger partial charge in [-0.1, -0.05) is 18.6 Å². The smallest absolute Gasteiger partial charge is 0.337 e. The molecule has 2 aromatic rings. The summed E-state index contributed by atoms with van der Waals surface area (Å²) in [5.41, 5.74) is 1.19. The number of ether oxygens (including phenoxy) is 2. The summed E-state index contributed by atoms with van der Waals surface area (Å²) in [6.45, 7) is 5.48. The molecule has 0 amide bonds. The lowest BCUT2D eigenvalue weighted by Crippen LogP contribution is -2.38. The normalized spacial score (nSPS) is 21.2. The number of nitrogens with zero attached hydrogens (tertiary/aromatic N) is 4. The summed E-state index contributed by atoms with van der Waals surface area (Å²) >= 11 is 0. The first kappa shape index (κ1) is 26.2. The number of aromatic nitrogens is 1. The number of nitro groups is 1. The average Bonchev–Trinajstić information content (AvgIpc) is 3.43. The molecule has 37 heavy (non-hydrogen) atoms. The number of oxazole rings is 1. The van der Waals surface area contributed by atoms with Crippen LogP contribution in [0, 0.1) is 16.0 Å². The topological polar surface area (TPSA) is 137 Å². The number of non-ortho nitro benzene ring substituents is 1. The van der Waals surface area contributed by atoms with Gasteiger partial charge in [-0.2, -0.15) is 0 Å². The highest BCUT2D eigenvalue weighted by Gasteiger charge is 2.43. The Morgan fingerprint density at radius 3 is 2.65 bits per heavy atom. The van der Waals surface area contributed by atoms with Crippen molar-refractivity contribution in [2.75, 3.05) is 26.7 Å². The summed E-state index contributed by atoms with van der Waals surface area (Å²) in [7, 11) is 1.25. The lowest BCUT2D eigenvalue weighted by molar-refractivity contribution is -0.384. The fraction of sp³-hybridized carbons (Fsp3) is 0.462. The maximum atomic E-state index is 13.8. The van der Waals surface area contributed by atoms with Crippen LogP contribution in [0.25, 0.3) is 0 Å². The number of esters is 2. The number of carbonyl (C=O) groups excluding carboxylic acids is 2. The molecule has 0 radical (unpaired) electrons. The number of likely N-dealkylation sites (tertiary alicyclic amines) is 1. The van der Waals surface area contributed by atoms with Crippen LogP contribution in [-0.2, 0) is 19.1 Å². The van der Waals surface area contributed by atoms with E-state index in [2.05, 4.69) is 14.9 Å². The van der Waals surface area contributed by atoms with Gasteiger partial charge in [-0.15, -0.1) is 0 Å². The molecule has 0 spiro atoms. The van der Waals surface area contributed by atoms with Gasteiger partial charge in [0.1, 0.15) is 12.2 Å². The molecule has 3 unspecified atom stereocenters. The molecule has 0 saturated carbocycles. The SMILES string of the molecule is COC(=O)C1C(C)=NC(C)=C(C(=O)OC(CN2CCCCC2)c2ncco2)C1c1cccc([N+](=O)[O-])c1. The molecule has 1 aromatic heterocycles. The van der Waals surface area contributed by atoms with Crippen molar-refractivity contribution in [3.8, 4) is 0 Å². The minimum Gasteiger partial charge on any atom is -0.468 e. The number of benzene rings is 1. The molecular weight excluding hydrogens is 480 g/mol. The van der Waals surface area contributed by atoms with Crippen molar-refractivity contribution >= 4 is 23.3 Å². The second-order valence-electron chi connectivity index (χ2n) is 9.21. The number of piperidine rings is 1. The number of allylic oxidation sites excluding steroid dienone is 1. The lowest BCUT2D eigenvalue weighted by Gasteiger charge is -2.33. The van der Waals surface area contributed by atoms with Crippen LogP contribution in [0.2, 0.25) is 0 Å². The zero-order chi connectivity index (χ0) is 26.5. The van der Waals surface area contributed by atoms with Crippen LogP contribution in [-0.4, -0.2) is 59.2 Å². The number of methoxy groups -OCH3 is 1. The standard InChI is InChI=1S/C26H30N4O7/c1-16-21(25(31)35-3)23(18-8-7-9-19(14-18)30(33)34)22(17(2)28-16)26(32)37-20(24-27-10-13-36-24)15-29-11-5-4-6-12-29/h7-10,13-14,20-21,23H,4-6,11-12,15H2,1-3H3. The molecule has 2 aliphatic heterocycles. The zero-order valence-corrected chi connectivity index (χ0v) is 21.1. The Hall–Kier alpha value is -3.86. The third-order valence-electron chi connectivity index (χ3n) is 6.79. The van der Waals surface area contributed by atoms with Crippen molar-refractivity contribution in [1.82, 2.24) is 9.88 Å². The van der Waals surface area contributed by atoms with Crippen LogP contribution >= 0.6 is 0 Å². The average molecular weight is 511 g/mol. The van der Waals surface area contributed by atoms with Crippen molar-refractivity contribution in [1.29, 1.82) is 0 Å². The molecule has 1 aromatic carbocycles. The van der Waals surface area contributed by atoms with Gasteiger partial charge in [0.15, 0.2) is 6.10 Å². The van der Waals surface area contributed by atoms with Gasteiger partial charge in [0.05, 0.1) is 23.8 Å². The number of rotatable bonds is 8. The monoisotopic (exact) mass is 510 g/mol. The Kier molecular flexibility index (Phi) is 8.12. The van der Waals surface area contributed by atoms with Crippen molar-refractivity contribution in [3.63, 3.8) is 0 Å². The van der Waals surface area contributed by atoms with Crippen LogP contribution in [0.3, 0.4) is 0 Å². The molecule has 4 rings (SSSR count). The van der Waals surface area contributed by atoms with E-state index < -0.39 is 34.8 Å². The highest BCUT2D eigenvalue weighted by molar-refractivity contribution is 6.07. The molecule has 11 nitrogen and oxygen atoms in total. The fourth-order valence-corrected chi connectivity index (χ4v) is 5.05. The van der Waals surface area contributed by atoms with E-state index in [1.807, 2.05) is 0 Å². The summed E-state index contributed by atoms with van der Waals surface area (Å²) in [4.78, 5) is 48.5. The highest BCUT2D eigenvalue weighted by Crippen LogP contribution is 2.41. The fourth-order valence-electron chi connectivity index (χ4n) is 5.05. The lowest BCUT2D eigenvalue weighted by atomic mass is 9.75. The minimum atomic E-state index is -0.958. The summed E-state index contributed by atoms with van der Waals surface area (Å²) < 4.78 is 16.5. The molecule has 0 N–H and O–H groups in total. The first-order valence-corrected chi connectivity index (χ1v) is 12.2.